The Balaban J connectivity index is 2.21. The minimum absolute atomic E-state index is 0.0268. The molecule has 0 saturated heterocycles. The maximum atomic E-state index is 13.7. The molecule has 0 amide bonds. The van der Waals surface area contributed by atoms with Crippen molar-refractivity contribution in [2.45, 2.75) is 6.61 Å². The number of hydrogen-bond donors (Lipinski definition) is 0. The first kappa shape index (κ1) is 14.2. The largest absolute Gasteiger partial charge is 0.487 e. The summed E-state index contributed by atoms with van der Waals surface area (Å²) in [6.45, 7) is -0.0268. The van der Waals surface area contributed by atoms with Gasteiger partial charge in [0.2, 0.25) is 0 Å². The third-order valence-electron chi connectivity index (χ3n) is 2.68. The molecule has 0 aliphatic rings. The standard InChI is InChI=1S/C15H9BrFNO2/c16-13-3-1-2-11(8-19)15(13)20-9-12-5-4-10(7-18)6-14(12)17/h1-6,8H,9H2. The van der Waals surface area contributed by atoms with Crippen LogP contribution in [0.25, 0.3) is 0 Å². The van der Waals surface area contributed by atoms with E-state index in [1.807, 2.05) is 6.07 Å². The smallest absolute Gasteiger partial charge is 0.153 e. The zero-order valence-electron chi connectivity index (χ0n) is 10.3. The zero-order valence-corrected chi connectivity index (χ0v) is 11.9. The Morgan fingerprint density at radius 1 is 1.35 bits per heavy atom. The van der Waals surface area contributed by atoms with Crippen LogP contribution in [0.1, 0.15) is 21.5 Å². The summed E-state index contributed by atoms with van der Waals surface area (Å²) >= 11 is 3.28. The number of nitrogens with zero attached hydrogens (tertiary/aromatic N) is 1. The van der Waals surface area contributed by atoms with Crippen LogP contribution in [0.3, 0.4) is 0 Å². The molecule has 0 fully saturated rings. The van der Waals surface area contributed by atoms with Gasteiger partial charge in [0.05, 0.1) is 21.7 Å². The van der Waals surface area contributed by atoms with E-state index < -0.39 is 5.82 Å². The SMILES string of the molecule is N#Cc1ccc(COc2c(Br)cccc2C=O)c(F)c1. The molecule has 0 N–H and O–H groups in total. The van der Waals surface area contributed by atoms with Gasteiger partial charge in [0.25, 0.3) is 0 Å². The van der Waals surface area contributed by atoms with Crippen molar-refractivity contribution in [3.05, 3.63) is 63.4 Å². The quantitative estimate of drug-likeness (QED) is 0.798. The molecule has 2 rings (SSSR count). The molecule has 0 radical (unpaired) electrons. The van der Waals surface area contributed by atoms with Gasteiger partial charge in [0.15, 0.2) is 6.29 Å². The van der Waals surface area contributed by atoms with Gasteiger partial charge in [-0.2, -0.15) is 5.26 Å². The molecule has 0 spiro atoms. The maximum Gasteiger partial charge on any atom is 0.153 e. The highest BCUT2D eigenvalue weighted by Crippen LogP contribution is 2.29. The Morgan fingerprint density at radius 3 is 2.80 bits per heavy atom. The topological polar surface area (TPSA) is 50.1 Å². The zero-order chi connectivity index (χ0) is 14.5. The highest BCUT2D eigenvalue weighted by Gasteiger charge is 2.10. The van der Waals surface area contributed by atoms with Crippen LogP contribution in [0.5, 0.6) is 5.75 Å². The average Bonchev–Trinajstić information content (AvgIpc) is 2.46. The minimum Gasteiger partial charge on any atom is -0.487 e. The Morgan fingerprint density at radius 2 is 2.15 bits per heavy atom. The van der Waals surface area contributed by atoms with Crippen LogP contribution in [-0.4, -0.2) is 6.29 Å². The number of halogens is 2. The first-order chi connectivity index (χ1) is 9.65. The molecule has 0 aliphatic carbocycles. The lowest BCUT2D eigenvalue weighted by atomic mass is 10.1. The molecule has 3 nitrogen and oxygen atoms in total. The van der Waals surface area contributed by atoms with Crippen molar-refractivity contribution >= 4 is 22.2 Å². The Labute approximate surface area is 123 Å². The monoisotopic (exact) mass is 333 g/mol. The first-order valence-corrected chi connectivity index (χ1v) is 6.50. The third-order valence-corrected chi connectivity index (χ3v) is 3.30. The Bertz CT molecular complexity index is 695. The van der Waals surface area contributed by atoms with Crippen LogP contribution in [0.15, 0.2) is 40.9 Å². The van der Waals surface area contributed by atoms with Crippen molar-refractivity contribution in [3.8, 4) is 11.8 Å². The Kier molecular flexibility index (Phi) is 4.49. The van der Waals surface area contributed by atoms with E-state index in [1.165, 1.54) is 12.1 Å². The molecule has 2 aromatic rings. The van der Waals surface area contributed by atoms with Crippen molar-refractivity contribution in [1.82, 2.24) is 0 Å². The number of hydrogen-bond acceptors (Lipinski definition) is 3. The van der Waals surface area contributed by atoms with Crippen molar-refractivity contribution in [3.63, 3.8) is 0 Å². The summed E-state index contributed by atoms with van der Waals surface area (Å²) in [4.78, 5) is 10.9. The number of rotatable bonds is 4. The fourth-order valence-electron chi connectivity index (χ4n) is 1.65. The first-order valence-electron chi connectivity index (χ1n) is 5.70. The van der Waals surface area contributed by atoms with Gasteiger partial charge in [-0.05, 0) is 40.2 Å². The second kappa shape index (κ2) is 6.31. The summed E-state index contributed by atoms with van der Waals surface area (Å²) in [5.74, 6) is -0.144. The molecule has 0 bridgehead atoms. The lowest BCUT2D eigenvalue weighted by Gasteiger charge is -2.11. The number of ether oxygens (including phenoxy) is 1. The van der Waals surface area contributed by atoms with Crippen LogP contribution in [0.4, 0.5) is 4.39 Å². The Hall–Kier alpha value is -2.19. The van der Waals surface area contributed by atoms with E-state index in [-0.39, 0.29) is 12.2 Å². The normalized spacial score (nSPS) is 9.85. The van der Waals surface area contributed by atoms with E-state index in [0.29, 0.717) is 27.6 Å². The van der Waals surface area contributed by atoms with Gasteiger partial charge in [-0.1, -0.05) is 12.1 Å². The van der Waals surface area contributed by atoms with E-state index in [1.54, 1.807) is 18.2 Å². The summed E-state index contributed by atoms with van der Waals surface area (Å²) in [5, 5.41) is 8.67. The average molecular weight is 334 g/mol. The lowest BCUT2D eigenvalue weighted by molar-refractivity contribution is 0.111. The van der Waals surface area contributed by atoms with Gasteiger partial charge in [-0.25, -0.2) is 4.39 Å². The van der Waals surface area contributed by atoms with Crippen molar-refractivity contribution < 1.29 is 13.9 Å². The molecule has 0 aromatic heterocycles. The highest BCUT2D eigenvalue weighted by molar-refractivity contribution is 9.10. The molecular weight excluding hydrogens is 325 g/mol. The van der Waals surface area contributed by atoms with Gasteiger partial charge < -0.3 is 4.74 Å². The number of carbonyl (C=O) groups is 1. The van der Waals surface area contributed by atoms with Gasteiger partial charge in [0, 0.05) is 5.56 Å². The predicted molar refractivity (Wildman–Crippen MR) is 75.0 cm³/mol. The van der Waals surface area contributed by atoms with E-state index >= 15 is 0 Å². The molecule has 2 aromatic carbocycles. The van der Waals surface area contributed by atoms with Gasteiger partial charge in [-0.15, -0.1) is 0 Å². The van der Waals surface area contributed by atoms with Crippen LogP contribution >= 0.6 is 15.9 Å². The molecule has 0 heterocycles. The van der Waals surface area contributed by atoms with E-state index in [9.17, 15) is 9.18 Å². The van der Waals surface area contributed by atoms with Crippen LogP contribution < -0.4 is 4.74 Å². The van der Waals surface area contributed by atoms with Crippen molar-refractivity contribution in [1.29, 1.82) is 5.26 Å². The van der Waals surface area contributed by atoms with Crippen LogP contribution in [0, 0.1) is 17.1 Å². The van der Waals surface area contributed by atoms with Crippen LogP contribution in [0.2, 0.25) is 0 Å². The predicted octanol–water partition coefficient (Wildman–Crippen LogP) is 3.85. The molecule has 0 unspecified atom stereocenters. The molecule has 0 aliphatic heterocycles. The highest BCUT2D eigenvalue weighted by atomic mass is 79.9. The fourth-order valence-corrected chi connectivity index (χ4v) is 2.15. The summed E-state index contributed by atoms with van der Waals surface area (Å²) in [7, 11) is 0. The summed E-state index contributed by atoms with van der Waals surface area (Å²) in [6, 6.07) is 11.1. The second-order valence-corrected chi connectivity index (χ2v) is 4.84. The van der Waals surface area contributed by atoms with Gasteiger partial charge >= 0.3 is 0 Å². The lowest BCUT2D eigenvalue weighted by Crippen LogP contribution is -2.01. The number of benzene rings is 2. The van der Waals surface area contributed by atoms with Crippen molar-refractivity contribution in [2.75, 3.05) is 0 Å². The molecule has 100 valence electrons. The minimum atomic E-state index is -0.510. The van der Waals surface area contributed by atoms with Crippen LogP contribution in [-0.2, 0) is 6.61 Å². The summed E-state index contributed by atoms with van der Waals surface area (Å²) in [6.07, 6.45) is 0.676. The molecule has 0 saturated carbocycles. The van der Waals surface area contributed by atoms with Gasteiger partial charge in [0.1, 0.15) is 18.2 Å². The second-order valence-electron chi connectivity index (χ2n) is 3.98. The molecule has 5 heteroatoms. The van der Waals surface area contributed by atoms with E-state index in [4.69, 9.17) is 10.00 Å². The molecular formula is C15H9BrFNO2. The van der Waals surface area contributed by atoms with Gasteiger partial charge in [-0.3, -0.25) is 4.79 Å². The summed E-state index contributed by atoms with van der Waals surface area (Å²) in [5.41, 5.74) is 0.950. The number of carbonyl (C=O) groups excluding carboxylic acids is 1. The van der Waals surface area contributed by atoms with E-state index in [0.717, 1.165) is 6.07 Å². The number of aldehydes is 1. The van der Waals surface area contributed by atoms with E-state index in [2.05, 4.69) is 15.9 Å². The molecule has 20 heavy (non-hydrogen) atoms. The molecule has 0 atom stereocenters. The maximum absolute atomic E-state index is 13.7. The third kappa shape index (κ3) is 3.03. The number of para-hydroxylation sites is 1. The fraction of sp³-hybridized carbons (Fsp3) is 0.0667. The summed E-state index contributed by atoms with van der Waals surface area (Å²) < 4.78 is 19.8. The van der Waals surface area contributed by atoms with Crippen molar-refractivity contribution in [2.24, 2.45) is 0 Å². The number of nitriles is 1.